The number of hydrogen-bond acceptors (Lipinski definition) is 4. The molecule has 0 saturated heterocycles. The van der Waals surface area contributed by atoms with Gasteiger partial charge >= 0.3 is 0 Å². The topological polar surface area (TPSA) is 54.1 Å². The Morgan fingerprint density at radius 3 is 1.59 bits per heavy atom. The Morgan fingerprint density at radius 1 is 0.941 bits per heavy atom. The van der Waals surface area contributed by atoms with Gasteiger partial charge < -0.3 is 0 Å². The van der Waals surface area contributed by atoms with Crippen LogP contribution in [-0.2, 0) is 0 Å². The fourth-order valence-corrected chi connectivity index (χ4v) is 1.78. The van der Waals surface area contributed by atoms with Gasteiger partial charge in [-0.25, -0.2) is 0 Å². The van der Waals surface area contributed by atoms with E-state index in [1.165, 1.54) is 0 Å². The van der Waals surface area contributed by atoms with Crippen molar-refractivity contribution < 1.29 is 0 Å². The number of unbranched alkanes of at least 4 members (excludes halogenated alkanes) is 2. The molecule has 0 aromatic carbocycles. The zero-order valence-electron chi connectivity index (χ0n) is 11.5. The van der Waals surface area contributed by atoms with E-state index >= 15 is 0 Å². The maximum absolute atomic E-state index is 9.36. The molecule has 0 aliphatic heterocycles. The van der Waals surface area contributed by atoms with Crippen LogP contribution in [0.2, 0.25) is 0 Å². The summed E-state index contributed by atoms with van der Waals surface area (Å²) >= 11 is 0. The van der Waals surface area contributed by atoms with Crippen LogP contribution in [0, 0.1) is 22.7 Å². The van der Waals surface area contributed by atoms with Crippen molar-refractivity contribution in [3.05, 3.63) is 0 Å². The molecule has 0 N–H and O–H groups in total. The summed E-state index contributed by atoms with van der Waals surface area (Å²) in [5.74, 6) is 0. The van der Waals surface area contributed by atoms with Crippen LogP contribution in [0.1, 0.15) is 39.5 Å². The van der Waals surface area contributed by atoms with Crippen molar-refractivity contribution in [3.8, 4) is 12.1 Å². The lowest BCUT2D eigenvalue weighted by Gasteiger charge is -2.37. The smallest absolute Gasteiger partial charge is 0.252 e. The van der Waals surface area contributed by atoms with Crippen molar-refractivity contribution in [3.63, 3.8) is 0 Å². The molecule has 0 amide bonds. The number of nitriles is 2. The van der Waals surface area contributed by atoms with Gasteiger partial charge in [0.1, 0.15) is 12.1 Å². The van der Waals surface area contributed by atoms with E-state index < -0.39 is 5.66 Å². The SMILES string of the molecule is CCCCN(CCCC)C(C#N)(C#N)N(C)C. The summed E-state index contributed by atoms with van der Waals surface area (Å²) in [6.45, 7) is 5.84. The molecule has 96 valence electrons. The minimum absolute atomic E-state index is 0.801. The Hall–Kier alpha value is -1.10. The summed E-state index contributed by atoms with van der Waals surface area (Å²) in [5, 5.41) is 18.7. The zero-order valence-corrected chi connectivity index (χ0v) is 11.5. The predicted octanol–water partition coefficient (Wildman–Crippen LogP) is 2.19. The Balaban J connectivity index is 4.95. The molecule has 4 heteroatoms. The highest BCUT2D eigenvalue weighted by Gasteiger charge is 2.39. The molecule has 0 bridgehead atoms. The maximum Gasteiger partial charge on any atom is 0.252 e. The summed E-state index contributed by atoms with van der Waals surface area (Å²) in [6, 6.07) is 4.35. The van der Waals surface area contributed by atoms with E-state index in [-0.39, 0.29) is 0 Å². The predicted molar refractivity (Wildman–Crippen MR) is 69.0 cm³/mol. The normalized spacial score (nSPS) is 11.5. The second kappa shape index (κ2) is 8.06. The highest BCUT2D eigenvalue weighted by atomic mass is 15.4. The first-order chi connectivity index (χ1) is 8.08. The van der Waals surface area contributed by atoms with Gasteiger partial charge in [-0.1, -0.05) is 26.7 Å². The van der Waals surface area contributed by atoms with Crippen molar-refractivity contribution in [1.82, 2.24) is 9.80 Å². The van der Waals surface area contributed by atoms with Crippen LogP contribution in [0.5, 0.6) is 0 Å². The molecule has 0 aliphatic carbocycles. The van der Waals surface area contributed by atoms with Crippen LogP contribution in [0.3, 0.4) is 0 Å². The molecule has 0 aliphatic rings. The second-order valence-electron chi connectivity index (χ2n) is 4.48. The van der Waals surface area contributed by atoms with E-state index in [9.17, 15) is 10.5 Å². The van der Waals surface area contributed by atoms with Crippen LogP contribution in [0.15, 0.2) is 0 Å². The molecule has 0 spiro atoms. The summed E-state index contributed by atoms with van der Waals surface area (Å²) in [7, 11) is 3.58. The van der Waals surface area contributed by atoms with Gasteiger partial charge in [0, 0.05) is 13.1 Å². The van der Waals surface area contributed by atoms with Crippen LogP contribution in [0.4, 0.5) is 0 Å². The van der Waals surface area contributed by atoms with E-state index in [0.29, 0.717) is 0 Å². The second-order valence-corrected chi connectivity index (χ2v) is 4.48. The molecule has 0 rings (SSSR count). The van der Waals surface area contributed by atoms with E-state index in [1.54, 1.807) is 19.0 Å². The van der Waals surface area contributed by atoms with Crippen molar-refractivity contribution in [2.75, 3.05) is 27.2 Å². The fraction of sp³-hybridized carbons (Fsp3) is 0.846. The summed E-state index contributed by atoms with van der Waals surface area (Å²) in [6.07, 6.45) is 4.18. The molecule has 0 atom stereocenters. The quantitative estimate of drug-likeness (QED) is 0.606. The van der Waals surface area contributed by atoms with Crippen molar-refractivity contribution in [1.29, 1.82) is 10.5 Å². The highest BCUT2D eigenvalue weighted by Crippen LogP contribution is 2.18. The largest absolute Gasteiger partial charge is 0.267 e. The van der Waals surface area contributed by atoms with Crippen LogP contribution >= 0.6 is 0 Å². The molecule has 0 radical (unpaired) electrons. The Labute approximate surface area is 105 Å². The van der Waals surface area contributed by atoms with Crippen molar-refractivity contribution in [2.24, 2.45) is 0 Å². The van der Waals surface area contributed by atoms with Gasteiger partial charge in [-0.05, 0) is 26.9 Å². The minimum Gasteiger partial charge on any atom is -0.267 e. The van der Waals surface area contributed by atoms with Gasteiger partial charge in [0.2, 0.25) is 0 Å². The van der Waals surface area contributed by atoms with Crippen molar-refractivity contribution in [2.45, 2.75) is 45.2 Å². The molecule has 0 fully saturated rings. The number of hydrogen-bond donors (Lipinski definition) is 0. The van der Waals surface area contributed by atoms with Crippen LogP contribution in [-0.4, -0.2) is 42.6 Å². The standard InChI is InChI=1S/C13H24N4/c1-5-7-9-17(10-8-6-2)13(11-14,12-15)16(3)4/h5-10H2,1-4H3. The number of rotatable bonds is 8. The molecule has 4 nitrogen and oxygen atoms in total. The molecular formula is C13H24N4. The monoisotopic (exact) mass is 236 g/mol. The first kappa shape index (κ1) is 15.9. The van der Waals surface area contributed by atoms with Gasteiger partial charge in [0.05, 0.1) is 0 Å². The third-order valence-electron chi connectivity index (χ3n) is 2.98. The van der Waals surface area contributed by atoms with Crippen LogP contribution < -0.4 is 0 Å². The zero-order chi connectivity index (χ0) is 13.3. The molecule has 0 aromatic heterocycles. The van der Waals surface area contributed by atoms with E-state index in [2.05, 4.69) is 26.0 Å². The van der Waals surface area contributed by atoms with Gasteiger partial charge in [-0.3, -0.25) is 9.80 Å². The Kier molecular flexibility index (Phi) is 7.54. The lowest BCUT2D eigenvalue weighted by Crippen LogP contribution is -2.56. The van der Waals surface area contributed by atoms with Crippen molar-refractivity contribution >= 4 is 0 Å². The summed E-state index contributed by atoms with van der Waals surface area (Å²) in [5.41, 5.74) is -1.12. The van der Waals surface area contributed by atoms with Gasteiger partial charge in [0.15, 0.2) is 0 Å². The average molecular weight is 236 g/mol. The average Bonchev–Trinajstić information content (AvgIpc) is 2.33. The van der Waals surface area contributed by atoms with Gasteiger partial charge in [-0.2, -0.15) is 10.5 Å². The van der Waals surface area contributed by atoms with E-state index in [1.807, 2.05) is 4.90 Å². The summed E-state index contributed by atoms with van der Waals surface area (Å²) < 4.78 is 0. The van der Waals surface area contributed by atoms with Crippen LogP contribution in [0.25, 0.3) is 0 Å². The lowest BCUT2D eigenvalue weighted by atomic mass is 10.1. The summed E-state index contributed by atoms with van der Waals surface area (Å²) in [4.78, 5) is 3.71. The fourth-order valence-electron chi connectivity index (χ4n) is 1.78. The first-order valence-corrected chi connectivity index (χ1v) is 6.34. The molecule has 0 unspecified atom stereocenters. The third-order valence-corrected chi connectivity index (χ3v) is 2.98. The molecular weight excluding hydrogens is 212 g/mol. The molecule has 0 aromatic rings. The molecule has 0 saturated carbocycles. The molecule has 0 heterocycles. The third kappa shape index (κ3) is 4.00. The Bertz CT molecular complexity index is 263. The van der Waals surface area contributed by atoms with E-state index in [4.69, 9.17) is 0 Å². The molecule has 17 heavy (non-hydrogen) atoms. The number of nitrogens with zero attached hydrogens (tertiary/aromatic N) is 4. The first-order valence-electron chi connectivity index (χ1n) is 6.34. The Morgan fingerprint density at radius 2 is 1.35 bits per heavy atom. The minimum atomic E-state index is -1.12. The van der Waals surface area contributed by atoms with Gasteiger partial charge in [0.25, 0.3) is 5.66 Å². The van der Waals surface area contributed by atoms with Gasteiger partial charge in [-0.15, -0.1) is 0 Å². The van der Waals surface area contributed by atoms with E-state index in [0.717, 1.165) is 38.8 Å². The maximum atomic E-state index is 9.36. The highest BCUT2D eigenvalue weighted by molar-refractivity contribution is 5.20. The lowest BCUT2D eigenvalue weighted by molar-refractivity contribution is 0.0600.